The van der Waals surface area contributed by atoms with Gasteiger partial charge in [0.1, 0.15) is 6.61 Å². The highest BCUT2D eigenvalue weighted by atomic mass is 79.9. The number of carboxylic acids is 1. The highest BCUT2D eigenvalue weighted by Crippen LogP contribution is 2.27. The number of hydrogen-bond donors (Lipinski definition) is 1. The summed E-state index contributed by atoms with van der Waals surface area (Å²) in [4.78, 5) is 10.8. The number of carbonyl (C=O) groups is 1. The molecule has 110 valence electrons. The van der Waals surface area contributed by atoms with Gasteiger partial charge in [-0.25, -0.2) is 9.18 Å². The molecule has 0 unspecified atom stereocenters. The van der Waals surface area contributed by atoms with Gasteiger partial charge in [-0.3, -0.25) is 0 Å². The molecule has 0 bridgehead atoms. The number of hydrogen-bond acceptors (Lipinski definition) is 2. The standard InChI is InChI=1S/C14H8Br2F2O3/c15-9-4-11(17)13(18)12(5-9)21-6-8-2-1-7(14(19)20)3-10(8)16/h1-5H,6H2,(H,19,20). The lowest BCUT2D eigenvalue weighted by Crippen LogP contribution is -2.02. The first-order valence-electron chi connectivity index (χ1n) is 5.67. The summed E-state index contributed by atoms with van der Waals surface area (Å²) in [5.74, 6) is -3.37. The molecule has 0 aliphatic rings. The van der Waals surface area contributed by atoms with E-state index < -0.39 is 17.6 Å². The summed E-state index contributed by atoms with van der Waals surface area (Å²) < 4.78 is 32.9. The molecule has 0 spiro atoms. The van der Waals surface area contributed by atoms with E-state index in [-0.39, 0.29) is 17.9 Å². The fraction of sp³-hybridized carbons (Fsp3) is 0.0714. The van der Waals surface area contributed by atoms with Gasteiger partial charge in [0.25, 0.3) is 0 Å². The predicted octanol–water partition coefficient (Wildman–Crippen LogP) is 4.77. The summed E-state index contributed by atoms with van der Waals surface area (Å²) in [7, 11) is 0. The SMILES string of the molecule is O=C(O)c1ccc(COc2cc(Br)cc(F)c2F)c(Br)c1. The third-order valence-corrected chi connectivity index (χ3v) is 3.84. The molecule has 2 aromatic rings. The molecule has 1 N–H and O–H groups in total. The van der Waals surface area contributed by atoms with Crippen LogP contribution in [0.2, 0.25) is 0 Å². The van der Waals surface area contributed by atoms with Crippen molar-refractivity contribution in [2.45, 2.75) is 6.61 Å². The Labute approximate surface area is 135 Å². The number of rotatable bonds is 4. The minimum Gasteiger partial charge on any atom is -0.486 e. The lowest BCUT2D eigenvalue weighted by molar-refractivity contribution is 0.0696. The Morgan fingerprint density at radius 3 is 2.52 bits per heavy atom. The maximum atomic E-state index is 13.5. The molecule has 7 heteroatoms. The molecule has 0 aliphatic carbocycles. The topological polar surface area (TPSA) is 46.5 Å². The second-order valence-electron chi connectivity index (χ2n) is 4.10. The molecule has 2 aromatic carbocycles. The van der Waals surface area contributed by atoms with Crippen molar-refractivity contribution >= 4 is 37.8 Å². The molecule has 2 rings (SSSR count). The number of aromatic carboxylic acids is 1. The van der Waals surface area contributed by atoms with Crippen LogP contribution in [0.3, 0.4) is 0 Å². The normalized spacial score (nSPS) is 10.5. The van der Waals surface area contributed by atoms with E-state index in [1.165, 1.54) is 18.2 Å². The van der Waals surface area contributed by atoms with Crippen LogP contribution in [0.15, 0.2) is 39.3 Å². The fourth-order valence-corrected chi connectivity index (χ4v) is 2.49. The zero-order chi connectivity index (χ0) is 15.6. The van der Waals surface area contributed by atoms with Crippen LogP contribution >= 0.6 is 31.9 Å². The van der Waals surface area contributed by atoms with Crippen molar-refractivity contribution in [1.82, 2.24) is 0 Å². The fourth-order valence-electron chi connectivity index (χ4n) is 1.59. The second-order valence-corrected chi connectivity index (χ2v) is 5.87. The number of halogens is 4. The molecule has 0 saturated carbocycles. The van der Waals surface area contributed by atoms with Crippen molar-refractivity contribution in [3.63, 3.8) is 0 Å². The van der Waals surface area contributed by atoms with Crippen LogP contribution in [0.5, 0.6) is 5.75 Å². The zero-order valence-electron chi connectivity index (χ0n) is 10.4. The molecule has 0 heterocycles. The zero-order valence-corrected chi connectivity index (χ0v) is 13.5. The molecular formula is C14H8Br2F2O3. The average molecular weight is 422 g/mol. The second kappa shape index (κ2) is 6.53. The van der Waals surface area contributed by atoms with Crippen LogP contribution in [-0.2, 0) is 6.61 Å². The number of ether oxygens (including phenoxy) is 1. The largest absolute Gasteiger partial charge is 0.486 e. The van der Waals surface area contributed by atoms with Crippen LogP contribution in [-0.4, -0.2) is 11.1 Å². The summed E-state index contributed by atoms with van der Waals surface area (Å²) in [5.41, 5.74) is 0.727. The molecule has 0 fully saturated rings. The molecule has 0 radical (unpaired) electrons. The van der Waals surface area contributed by atoms with Crippen LogP contribution < -0.4 is 4.74 Å². The van der Waals surface area contributed by atoms with E-state index in [0.717, 1.165) is 6.07 Å². The van der Waals surface area contributed by atoms with E-state index in [2.05, 4.69) is 31.9 Å². The van der Waals surface area contributed by atoms with Gasteiger partial charge >= 0.3 is 5.97 Å². The van der Waals surface area contributed by atoms with Crippen molar-refractivity contribution in [2.24, 2.45) is 0 Å². The first-order valence-corrected chi connectivity index (χ1v) is 7.26. The van der Waals surface area contributed by atoms with E-state index in [9.17, 15) is 13.6 Å². The van der Waals surface area contributed by atoms with Gasteiger partial charge in [-0.1, -0.05) is 37.9 Å². The Kier molecular flexibility index (Phi) is 4.95. The molecule has 0 aliphatic heterocycles. The van der Waals surface area contributed by atoms with Gasteiger partial charge in [0.05, 0.1) is 5.56 Å². The molecule has 0 saturated heterocycles. The van der Waals surface area contributed by atoms with Crippen LogP contribution in [0.25, 0.3) is 0 Å². The summed E-state index contributed by atoms with van der Waals surface area (Å²) in [6.07, 6.45) is 0. The monoisotopic (exact) mass is 420 g/mol. The summed E-state index contributed by atoms with van der Waals surface area (Å²) in [6, 6.07) is 6.68. The maximum absolute atomic E-state index is 13.5. The lowest BCUT2D eigenvalue weighted by Gasteiger charge is -2.10. The van der Waals surface area contributed by atoms with Gasteiger partial charge in [-0.2, -0.15) is 4.39 Å². The summed E-state index contributed by atoms with van der Waals surface area (Å²) in [6.45, 7) is -0.0344. The Morgan fingerprint density at radius 2 is 1.90 bits per heavy atom. The summed E-state index contributed by atoms with van der Waals surface area (Å²) >= 11 is 6.27. The first kappa shape index (κ1) is 15.9. The first-order chi connectivity index (χ1) is 9.88. The predicted molar refractivity (Wildman–Crippen MR) is 79.5 cm³/mol. The number of carboxylic acid groups (broad SMARTS) is 1. The minimum atomic E-state index is -1.07. The lowest BCUT2D eigenvalue weighted by atomic mass is 10.1. The van der Waals surface area contributed by atoms with Gasteiger partial charge in [0.15, 0.2) is 11.6 Å². The smallest absolute Gasteiger partial charge is 0.335 e. The quantitative estimate of drug-likeness (QED) is 0.723. The third-order valence-electron chi connectivity index (χ3n) is 2.64. The molecule has 3 nitrogen and oxygen atoms in total. The van der Waals surface area contributed by atoms with Crippen molar-refractivity contribution in [3.05, 3.63) is 62.0 Å². The van der Waals surface area contributed by atoms with Gasteiger partial charge < -0.3 is 9.84 Å². The Balaban J connectivity index is 2.19. The van der Waals surface area contributed by atoms with Crippen LogP contribution in [0, 0.1) is 11.6 Å². The summed E-state index contributed by atoms with van der Waals surface area (Å²) in [5, 5.41) is 8.86. The van der Waals surface area contributed by atoms with E-state index >= 15 is 0 Å². The van der Waals surface area contributed by atoms with Crippen molar-refractivity contribution in [3.8, 4) is 5.75 Å². The Morgan fingerprint density at radius 1 is 1.19 bits per heavy atom. The van der Waals surface area contributed by atoms with Crippen molar-refractivity contribution in [2.75, 3.05) is 0 Å². The Bertz CT molecular complexity index is 705. The van der Waals surface area contributed by atoms with Crippen molar-refractivity contribution < 1.29 is 23.4 Å². The maximum Gasteiger partial charge on any atom is 0.335 e. The van der Waals surface area contributed by atoms with E-state index in [0.29, 0.717) is 14.5 Å². The van der Waals surface area contributed by atoms with Gasteiger partial charge in [0, 0.05) is 14.5 Å². The number of benzene rings is 2. The highest BCUT2D eigenvalue weighted by molar-refractivity contribution is 9.10. The van der Waals surface area contributed by atoms with Crippen LogP contribution in [0.1, 0.15) is 15.9 Å². The third kappa shape index (κ3) is 3.79. The van der Waals surface area contributed by atoms with Gasteiger partial charge in [0.2, 0.25) is 5.82 Å². The molecule has 0 amide bonds. The molecule has 0 aromatic heterocycles. The average Bonchev–Trinajstić information content (AvgIpc) is 2.42. The molecule has 21 heavy (non-hydrogen) atoms. The van der Waals surface area contributed by atoms with Gasteiger partial charge in [-0.05, 0) is 24.3 Å². The van der Waals surface area contributed by atoms with E-state index in [1.807, 2.05) is 0 Å². The van der Waals surface area contributed by atoms with E-state index in [4.69, 9.17) is 9.84 Å². The van der Waals surface area contributed by atoms with E-state index in [1.54, 1.807) is 6.07 Å². The van der Waals surface area contributed by atoms with Gasteiger partial charge in [-0.15, -0.1) is 0 Å². The highest BCUT2D eigenvalue weighted by Gasteiger charge is 2.13. The van der Waals surface area contributed by atoms with Crippen LogP contribution in [0.4, 0.5) is 8.78 Å². The molecular weight excluding hydrogens is 414 g/mol. The minimum absolute atomic E-state index is 0.0344. The molecule has 0 atom stereocenters. The Hall–Kier alpha value is -1.47. The van der Waals surface area contributed by atoms with Crippen molar-refractivity contribution in [1.29, 1.82) is 0 Å².